The van der Waals surface area contributed by atoms with E-state index in [1.807, 2.05) is 6.92 Å². The maximum absolute atomic E-state index is 13.0. The van der Waals surface area contributed by atoms with Crippen molar-refractivity contribution in [2.45, 2.75) is 6.92 Å². The molecular weight excluding hydrogens is 273 g/mol. The largest absolute Gasteiger partial charge is 0.378 e. The number of aromatic nitrogens is 2. The van der Waals surface area contributed by atoms with Crippen molar-refractivity contribution in [1.82, 2.24) is 14.7 Å². The van der Waals surface area contributed by atoms with Gasteiger partial charge in [-0.3, -0.25) is 4.79 Å². The van der Waals surface area contributed by atoms with Gasteiger partial charge in [0.2, 0.25) is 0 Å². The number of nitrogens with zero attached hydrogens (tertiary/aromatic N) is 3. The van der Waals surface area contributed by atoms with E-state index >= 15 is 0 Å². The number of ether oxygens (including phenoxy) is 1. The van der Waals surface area contributed by atoms with Gasteiger partial charge in [-0.05, 0) is 31.2 Å². The van der Waals surface area contributed by atoms with Crippen LogP contribution in [0.1, 0.15) is 16.1 Å². The average molecular weight is 289 g/mol. The minimum atomic E-state index is -0.298. The van der Waals surface area contributed by atoms with Crippen LogP contribution in [0.4, 0.5) is 4.39 Å². The lowest BCUT2D eigenvalue weighted by Crippen LogP contribution is -2.40. The molecule has 0 saturated carbocycles. The van der Waals surface area contributed by atoms with E-state index in [0.717, 1.165) is 11.4 Å². The zero-order valence-corrected chi connectivity index (χ0v) is 11.8. The summed E-state index contributed by atoms with van der Waals surface area (Å²) in [5.74, 6) is -0.336. The Labute approximate surface area is 121 Å². The van der Waals surface area contributed by atoms with Crippen LogP contribution in [0, 0.1) is 12.7 Å². The summed E-state index contributed by atoms with van der Waals surface area (Å²) in [4.78, 5) is 14.2. The number of carbonyl (C=O) groups is 1. The first-order valence-corrected chi connectivity index (χ1v) is 6.84. The summed E-state index contributed by atoms with van der Waals surface area (Å²) >= 11 is 0. The summed E-state index contributed by atoms with van der Waals surface area (Å²) < 4.78 is 19.9. The van der Waals surface area contributed by atoms with E-state index in [0.29, 0.717) is 31.9 Å². The van der Waals surface area contributed by atoms with Gasteiger partial charge in [-0.2, -0.15) is 5.10 Å². The molecule has 0 N–H and O–H groups in total. The third-order valence-electron chi connectivity index (χ3n) is 3.61. The third kappa shape index (κ3) is 2.67. The van der Waals surface area contributed by atoms with Crippen molar-refractivity contribution in [2.75, 3.05) is 26.3 Å². The summed E-state index contributed by atoms with van der Waals surface area (Å²) in [5, 5.41) is 4.25. The normalized spacial score (nSPS) is 15.2. The molecule has 1 aromatic heterocycles. The maximum Gasteiger partial charge on any atom is 0.257 e. The fourth-order valence-corrected chi connectivity index (χ4v) is 2.40. The molecule has 1 saturated heterocycles. The molecule has 2 heterocycles. The Morgan fingerprint density at radius 3 is 2.57 bits per heavy atom. The van der Waals surface area contributed by atoms with E-state index in [-0.39, 0.29) is 11.7 Å². The molecule has 0 radical (unpaired) electrons. The number of carbonyl (C=O) groups excluding carboxylic acids is 1. The lowest BCUT2D eigenvalue weighted by atomic mass is 10.2. The molecule has 110 valence electrons. The number of morpholine rings is 1. The molecule has 0 atom stereocenters. The lowest BCUT2D eigenvalue weighted by Gasteiger charge is -2.26. The molecule has 5 nitrogen and oxygen atoms in total. The van der Waals surface area contributed by atoms with Gasteiger partial charge in [0.1, 0.15) is 5.82 Å². The van der Waals surface area contributed by atoms with Crippen molar-refractivity contribution in [3.05, 3.63) is 47.5 Å². The van der Waals surface area contributed by atoms with Gasteiger partial charge < -0.3 is 9.64 Å². The van der Waals surface area contributed by atoms with Gasteiger partial charge in [-0.15, -0.1) is 0 Å². The molecule has 1 aliphatic rings. The predicted octanol–water partition coefficient (Wildman–Crippen LogP) is 1.79. The number of benzene rings is 1. The van der Waals surface area contributed by atoms with Gasteiger partial charge in [0.05, 0.1) is 36.4 Å². The zero-order valence-electron chi connectivity index (χ0n) is 11.8. The van der Waals surface area contributed by atoms with Crippen molar-refractivity contribution >= 4 is 5.91 Å². The van der Waals surface area contributed by atoms with Crippen LogP contribution in [-0.4, -0.2) is 46.9 Å². The van der Waals surface area contributed by atoms with E-state index in [4.69, 9.17) is 4.74 Å². The van der Waals surface area contributed by atoms with E-state index in [1.54, 1.807) is 27.9 Å². The minimum absolute atomic E-state index is 0.0378. The highest BCUT2D eigenvalue weighted by Crippen LogP contribution is 2.17. The molecule has 1 aromatic carbocycles. The summed E-state index contributed by atoms with van der Waals surface area (Å²) in [6.07, 6.45) is 1.57. The number of halogens is 1. The topological polar surface area (TPSA) is 47.4 Å². The Balaban J connectivity index is 1.88. The van der Waals surface area contributed by atoms with Crippen LogP contribution >= 0.6 is 0 Å². The molecule has 0 aliphatic carbocycles. The summed E-state index contributed by atoms with van der Waals surface area (Å²) in [6.45, 7) is 4.16. The number of rotatable bonds is 2. The van der Waals surface area contributed by atoms with Gasteiger partial charge in [-0.1, -0.05) is 0 Å². The SMILES string of the molecule is Cc1c(C(=O)N2CCOCC2)cnn1-c1ccc(F)cc1. The highest BCUT2D eigenvalue weighted by molar-refractivity contribution is 5.95. The second-order valence-electron chi connectivity index (χ2n) is 4.94. The van der Waals surface area contributed by atoms with Crippen LogP contribution in [0.3, 0.4) is 0 Å². The smallest absolute Gasteiger partial charge is 0.257 e. The maximum atomic E-state index is 13.0. The number of hydrogen-bond donors (Lipinski definition) is 0. The second kappa shape index (κ2) is 5.65. The highest BCUT2D eigenvalue weighted by atomic mass is 19.1. The van der Waals surface area contributed by atoms with Gasteiger partial charge in [0, 0.05) is 13.1 Å². The average Bonchev–Trinajstić information content (AvgIpc) is 2.90. The van der Waals surface area contributed by atoms with Crippen LogP contribution in [0.15, 0.2) is 30.5 Å². The molecular formula is C15H16FN3O2. The van der Waals surface area contributed by atoms with Crippen molar-refractivity contribution in [2.24, 2.45) is 0 Å². The van der Waals surface area contributed by atoms with Gasteiger partial charge >= 0.3 is 0 Å². The van der Waals surface area contributed by atoms with Crippen LogP contribution in [0.5, 0.6) is 0 Å². The first-order valence-electron chi connectivity index (χ1n) is 6.84. The first kappa shape index (κ1) is 13.8. The van der Waals surface area contributed by atoms with Crippen LogP contribution in [-0.2, 0) is 4.74 Å². The van der Waals surface area contributed by atoms with E-state index in [9.17, 15) is 9.18 Å². The molecule has 0 unspecified atom stereocenters. The van der Waals surface area contributed by atoms with Gasteiger partial charge in [0.15, 0.2) is 0 Å². The molecule has 1 fully saturated rings. The Kier molecular flexibility index (Phi) is 3.70. The molecule has 6 heteroatoms. The Morgan fingerprint density at radius 1 is 1.24 bits per heavy atom. The van der Waals surface area contributed by atoms with Crippen LogP contribution < -0.4 is 0 Å². The molecule has 1 amide bonds. The molecule has 3 rings (SSSR count). The second-order valence-corrected chi connectivity index (χ2v) is 4.94. The standard InChI is InChI=1S/C15H16FN3O2/c1-11-14(15(20)18-6-8-21-9-7-18)10-17-19(11)13-4-2-12(16)3-5-13/h2-5,10H,6-9H2,1H3. The zero-order chi connectivity index (χ0) is 14.8. The highest BCUT2D eigenvalue weighted by Gasteiger charge is 2.22. The quantitative estimate of drug-likeness (QED) is 0.847. The molecule has 21 heavy (non-hydrogen) atoms. The monoisotopic (exact) mass is 289 g/mol. The van der Waals surface area contributed by atoms with Crippen molar-refractivity contribution in [1.29, 1.82) is 0 Å². The van der Waals surface area contributed by atoms with Crippen molar-refractivity contribution in [3.8, 4) is 5.69 Å². The van der Waals surface area contributed by atoms with Gasteiger partial charge in [-0.25, -0.2) is 9.07 Å². The molecule has 0 spiro atoms. The number of hydrogen-bond acceptors (Lipinski definition) is 3. The fourth-order valence-electron chi connectivity index (χ4n) is 2.40. The minimum Gasteiger partial charge on any atom is -0.378 e. The van der Waals surface area contributed by atoms with E-state index in [1.165, 1.54) is 12.1 Å². The number of amides is 1. The lowest BCUT2D eigenvalue weighted by molar-refractivity contribution is 0.0302. The first-order chi connectivity index (χ1) is 10.2. The predicted molar refractivity (Wildman–Crippen MR) is 75.0 cm³/mol. The fraction of sp³-hybridized carbons (Fsp3) is 0.333. The van der Waals surface area contributed by atoms with Gasteiger partial charge in [0.25, 0.3) is 5.91 Å². The molecule has 1 aliphatic heterocycles. The van der Waals surface area contributed by atoms with Crippen LogP contribution in [0.2, 0.25) is 0 Å². The molecule has 0 bridgehead atoms. The van der Waals surface area contributed by atoms with Crippen LogP contribution in [0.25, 0.3) is 5.69 Å². The summed E-state index contributed by atoms with van der Waals surface area (Å²) in [7, 11) is 0. The van der Waals surface area contributed by atoms with E-state index < -0.39 is 0 Å². The van der Waals surface area contributed by atoms with Crippen molar-refractivity contribution in [3.63, 3.8) is 0 Å². The van der Waals surface area contributed by atoms with E-state index in [2.05, 4.69) is 5.10 Å². The Morgan fingerprint density at radius 2 is 1.90 bits per heavy atom. The Bertz CT molecular complexity index is 645. The summed E-state index contributed by atoms with van der Waals surface area (Å²) in [6, 6.07) is 6.02. The van der Waals surface area contributed by atoms with Crippen molar-refractivity contribution < 1.29 is 13.9 Å². The Hall–Kier alpha value is -2.21. The summed E-state index contributed by atoms with van der Waals surface area (Å²) in [5.41, 5.74) is 2.05. The third-order valence-corrected chi connectivity index (χ3v) is 3.61. The molecule has 2 aromatic rings.